The van der Waals surface area contributed by atoms with Gasteiger partial charge in [0, 0.05) is 6.42 Å². The van der Waals surface area contributed by atoms with Gasteiger partial charge >= 0.3 is 6.16 Å². The average molecular weight is 491 g/mol. The van der Waals surface area contributed by atoms with Gasteiger partial charge in [-0.2, -0.15) is 0 Å². The highest BCUT2D eigenvalue weighted by Gasteiger charge is 2.45. The number of benzene rings is 2. The molecule has 5 atom stereocenters. The lowest BCUT2D eigenvalue weighted by molar-refractivity contribution is -0.278. The predicted molar refractivity (Wildman–Crippen MR) is 126 cm³/mol. The normalized spacial score (nSPS) is 24.3. The number of carbonyl (C=O) groups is 1. The van der Waals surface area contributed by atoms with E-state index in [-0.39, 0.29) is 6.61 Å². The SMILES string of the molecule is CCc1ccc(Cc2ccc(CO)cc2O[C@H]2O[C@H](COC(=O)OC(C)C)[C@@H](O)[C@H](O)[C@H]2O)cc1. The van der Waals surface area contributed by atoms with Crippen molar-refractivity contribution in [2.75, 3.05) is 6.61 Å². The number of ether oxygens (including phenoxy) is 4. The van der Waals surface area contributed by atoms with Gasteiger partial charge in [-0.05, 0) is 48.6 Å². The van der Waals surface area contributed by atoms with Crippen molar-refractivity contribution in [2.24, 2.45) is 0 Å². The lowest BCUT2D eigenvalue weighted by Crippen LogP contribution is -2.60. The van der Waals surface area contributed by atoms with E-state index in [2.05, 4.69) is 19.1 Å². The highest BCUT2D eigenvalue weighted by Crippen LogP contribution is 2.29. The number of hydrogen-bond donors (Lipinski definition) is 4. The molecule has 1 fully saturated rings. The van der Waals surface area contributed by atoms with Crippen molar-refractivity contribution in [3.05, 3.63) is 64.7 Å². The van der Waals surface area contributed by atoms with Crippen LogP contribution in [0.5, 0.6) is 5.75 Å². The second-order valence-electron chi connectivity index (χ2n) is 8.81. The van der Waals surface area contributed by atoms with Gasteiger partial charge in [-0.15, -0.1) is 0 Å². The number of carbonyl (C=O) groups excluding carboxylic acids is 1. The molecule has 2 aromatic carbocycles. The highest BCUT2D eigenvalue weighted by atomic mass is 16.7. The van der Waals surface area contributed by atoms with Crippen LogP contribution in [0, 0.1) is 0 Å². The third-order valence-electron chi connectivity index (χ3n) is 5.75. The summed E-state index contributed by atoms with van der Waals surface area (Å²) in [6.45, 7) is 4.78. The fourth-order valence-corrected chi connectivity index (χ4v) is 3.72. The van der Waals surface area contributed by atoms with Gasteiger partial charge in [0.05, 0.1) is 12.7 Å². The van der Waals surface area contributed by atoms with Crippen molar-refractivity contribution in [1.29, 1.82) is 0 Å². The lowest BCUT2D eigenvalue weighted by Gasteiger charge is -2.40. The molecular formula is C26H34O9. The van der Waals surface area contributed by atoms with Crippen LogP contribution < -0.4 is 4.74 Å². The van der Waals surface area contributed by atoms with Gasteiger partial charge in [-0.1, -0.05) is 43.3 Å². The van der Waals surface area contributed by atoms with Crippen molar-refractivity contribution in [3.63, 3.8) is 0 Å². The molecule has 0 bridgehead atoms. The molecule has 0 aromatic heterocycles. The van der Waals surface area contributed by atoms with Crippen molar-refractivity contribution in [3.8, 4) is 5.75 Å². The van der Waals surface area contributed by atoms with Gasteiger partial charge in [0.1, 0.15) is 36.8 Å². The van der Waals surface area contributed by atoms with Gasteiger partial charge in [-0.3, -0.25) is 0 Å². The molecule has 1 saturated heterocycles. The number of aliphatic hydroxyl groups excluding tert-OH is 4. The van der Waals surface area contributed by atoms with Crippen LogP contribution >= 0.6 is 0 Å². The van der Waals surface area contributed by atoms with Gasteiger partial charge < -0.3 is 39.4 Å². The van der Waals surface area contributed by atoms with E-state index in [1.807, 2.05) is 18.2 Å². The zero-order valence-electron chi connectivity index (χ0n) is 20.2. The Balaban J connectivity index is 1.77. The number of hydrogen-bond acceptors (Lipinski definition) is 9. The first-order chi connectivity index (χ1) is 16.7. The molecule has 0 saturated carbocycles. The minimum Gasteiger partial charge on any atom is -0.462 e. The maximum absolute atomic E-state index is 11.7. The first-order valence-corrected chi connectivity index (χ1v) is 11.7. The summed E-state index contributed by atoms with van der Waals surface area (Å²) in [6.07, 6.45) is -7.09. The molecule has 192 valence electrons. The van der Waals surface area contributed by atoms with Crippen LogP contribution in [0.2, 0.25) is 0 Å². The molecule has 0 unspecified atom stereocenters. The fraction of sp³-hybridized carbons (Fsp3) is 0.500. The van der Waals surface area contributed by atoms with Crippen LogP contribution in [0.25, 0.3) is 0 Å². The quantitative estimate of drug-likeness (QED) is 0.390. The summed E-state index contributed by atoms with van der Waals surface area (Å²) in [6, 6.07) is 13.4. The van der Waals surface area contributed by atoms with Crippen LogP contribution in [0.15, 0.2) is 42.5 Å². The van der Waals surface area contributed by atoms with E-state index >= 15 is 0 Å². The number of rotatable bonds is 9. The van der Waals surface area contributed by atoms with E-state index in [1.165, 1.54) is 5.56 Å². The molecule has 1 aliphatic heterocycles. The topological polar surface area (TPSA) is 135 Å². The Labute approximate surface area is 204 Å². The van der Waals surface area contributed by atoms with Crippen LogP contribution in [0.3, 0.4) is 0 Å². The molecule has 9 heteroatoms. The van der Waals surface area contributed by atoms with E-state index in [1.54, 1.807) is 26.0 Å². The largest absolute Gasteiger partial charge is 0.508 e. The lowest BCUT2D eigenvalue weighted by atomic mass is 9.98. The van der Waals surface area contributed by atoms with E-state index in [0.29, 0.717) is 17.7 Å². The minimum atomic E-state index is -1.60. The molecule has 9 nitrogen and oxygen atoms in total. The van der Waals surface area contributed by atoms with Crippen molar-refractivity contribution < 1.29 is 44.2 Å². The Kier molecular flexibility index (Phi) is 9.47. The molecule has 3 rings (SSSR count). The summed E-state index contributed by atoms with van der Waals surface area (Å²) in [5.74, 6) is 0.350. The van der Waals surface area contributed by atoms with Crippen LogP contribution in [0.1, 0.15) is 43.0 Å². The van der Waals surface area contributed by atoms with Gasteiger partial charge in [0.2, 0.25) is 6.29 Å². The zero-order valence-corrected chi connectivity index (χ0v) is 20.2. The van der Waals surface area contributed by atoms with E-state index in [4.69, 9.17) is 18.9 Å². The molecule has 4 N–H and O–H groups in total. The number of aliphatic hydroxyl groups is 4. The molecule has 0 spiro atoms. The van der Waals surface area contributed by atoms with Gasteiger partial charge in [0.25, 0.3) is 0 Å². The van der Waals surface area contributed by atoms with Crippen LogP contribution in [0.4, 0.5) is 4.79 Å². The fourth-order valence-electron chi connectivity index (χ4n) is 3.72. The van der Waals surface area contributed by atoms with E-state index < -0.39 is 49.6 Å². The summed E-state index contributed by atoms with van der Waals surface area (Å²) in [5, 5.41) is 40.8. The smallest absolute Gasteiger partial charge is 0.462 e. The highest BCUT2D eigenvalue weighted by molar-refractivity contribution is 5.60. The Morgan fingerprint density at radius 1 is 0.971 bits per heavy atom. The third kappa shape index (κ3) is 7.16. The average Bonchev–Trinajstić information content (AvgIpc) is 2.84. The first kappa shape index (κ1) is 26.9. The monoisotopic (exact) mass is 490 g/mol. The summed E-state index contributed by atoms with van der Waals surface area (Å²) in [5.41, 5.74) is 3.63. The standard InChI is InChI=1S/C26H34O9/c1-4-16-5-7-17(8-6-16)11-19-10-9-18(13-27)12-20(19)34-25-24(30)23(29)22(28)21(35-25)14-32-26(31)33-15(2)3/h5-10,12,15,21-25,27-30H,4,11,13-14H2,1-3H3/t21-,22-,23+,24-,25+/m1/s1. The maximum Gasteiger partial charge on any atom is 0.508 e. The summed E-state index contributed by atoms with van der Waals surface area (Å²) in [4.78, 5) is 11.7. The second kappa shape index (κ2) is 12.3. The Morgan fingerprint density at radius 3 is 2.26 bits per heavy atom. The van der Waals surface area contributed by atoms with Gasteiger partial charge in [0.15, 0.2) is 0 Å². The van der Waals surface area contributed by atoms with E-state index in [0.717, 1.165) is 17.5 Å². The summed E-state index contributed by atoms with van der Waals surface area (Å²) >= 11 is 0. The van der Waals surface area contributed by atoms with Crippen LogP contribution in [-0.4, -0.2) is 70.0 Å². The van der Waals surface area contributed by atoms with E-state index in [9.17, 15) is 25.2 Å². The molecule has 1 aliphatic rings. The maximum atomic E-state index is 11.7. The van der Waals surface area contributed by atoms with Crippen molar-refractivity contribution in [2.45, 2.75) is 77.0 Å². The molecule has 0 aliphatic carbocycles. The minimum absolute atomic E-state index is 0.217. The molecular weight excluding hydrogens is 456 g/mol. The van der Waals surface area contributed by atoms with Gasteiger partial charge in [-0.25, -0.2) is 4.79 Å². The molecule has 2 aromatic rings. The molecule has 0 radical (unpaired) electrons. The third-order valence-corrected chi connectivity index (χ3v) is 5.75. The predicted octanol–water partition coefficient (Wildman–Crippen LogP) is 2.08. The van der Waals surface area contributed by atoms with Crippen molar-refractivity contribution >= 4 is 6.16 Å². The molecule has 35 heavy (non-hydrogen) atoms. The zero-order chi connectivity index (χ0) is 25.5. The second-order valence-corrected chi connectivity index (χ2v) is 8.81. The van der Waals surface area contributed by atoms with Crippen LogP contribution in [-0.2, 0) is 33.7 Å². The Bertz CT molecular complexity index is 960. The Morgan fingerprint density at radius 2 is 1.63 bits per heavy atom. The summed E-state index contributed by atoms with van der Waals surface area (Å²) < 4.78 is 21.5. The number of aryl methyl sites for hydroxylation is 1. The molecule has 0 amide bonds. The molecule has 1 heterocycles. The first-order valence-electron chi connectivity index (χ1n) is 11.7. The Hall–Kier alpha value is -2.69. The van der Waals surface area contributed by atoms with Crippen molar-refractivity contribution in [1.82, 2.24) is 0 Å². The summed E-state index contributed by atoms with van der Waals surface area (Å²) in [7, 11) is 0.